The Morgan fingerprint density at radius 1 is 1.00 bits per heavy atom. The lowest BCUT2D eigenvalue weighted by Crippen LogP contribution is -1.96. The van der Waals surface area contributed by atoms with Crippen molar-refractivity contribution in [1.82, 2.24) is 10.1 Å². The molecule has 0 N–H and O–H groups in total. The van der Waals surface area contributed by atoms with E-state index in [9.17, 15) is 0 Å². The Morgan fingerprint density at radius 2 is 1.78 bits per heavy atom. The second-order valence-corrected chi connectivity index (χ2v) is 5.36. The van der Waals surface area contributed by atoms with E-state index in [2.05, 4.69) is 16.2 Å². The van der Waals surface area contributed by atoms with E-state index in [-0.39, 0.29) is 6.61 Å². The van der Waals surface area contributed by atoms with Crippen LogP contribution in [0.5, 0.6) is 11.5 Å². The van der Waals surface area contributed by atoms with Gasteiger partial charge in [-0.3, -0.25) is 0 Å². The molecule has 3 aromatic rings. The fourth-order valence-corrected chi connectivity index (χ4v) is 2.35. The molecule has 0 amide bonds. The molecule has 0 aliphatic rings. The third-order valence-electron chi connectivity index (χ3n) is 3.35. The normalized spacial score (nSPS) is 10.6. The number of rotatable bonds is 5. The van der Waals surface area contributed by atoms with Crippen molar-refractivity contribution in [2.45, 2.75) is 20.5 Å². The van der Waals surface area contributed by atoms with Crippen LogP contribution in [0.2, 0.25) is 0 Å². The van der Waals surface area contributed by atoms with Crippen molar-refractivity contribution in [3.63, 3.8) is 0 Å². The monoisotopic (exact) mass is 310 g/mol. The molecule has 0 atom stereocenters. The van der Waals surface area contributed by atoms with Crippen LogP contribution in [-0.2, 0) is 6.61 Å². The highest BCUT2D eigenvalue weighted by Crippen LogP contribution is 2.22. The molecule has 0 aliphatic carbocycles. The molecule has 5 heteroatoms. The predicted octanol–water partition coefficient (Wildman–Crippen LogP) is 3.94. The van der Waals surface area contributed by atoms with Gasteiger partial charge in [0, 0.05) is 5.56 Å². The van der Waals surface area contributed by atoms with Gasteiger partial charge in [0.05, 0.1) is 7.11 Å². The molecule has 118 valence electrons. The van der Waals surface area contributed by atoms with E-state index >= 15 is 0 Å². The lowest BCUT2D eigenvalue weighted by molar-refractivity contribution is 0.242. The number of hydrogen-bond donors (Lipinski definition) is 0. The van der Waals surface area contributed by atoms with Crippen molar-refractivity contribution >= 4 is 0 Å². The first-order valence-electron chi connectivity index (χ1n) is 7.32. The predicted molar refractivity (Wildman–Crippen MR) is 86.5 cm³/mol. The molecule has 0 fully saturated rings. The number of hydrogen-bond acceptors (Lipinski definition) is 5. The summed E-state index contributed by atoms with van der Waals surface area (Å²) in [6.07, 6.45) is 0. The number of benzene rings is 2. The Bertz CT molecular complexity index is 791. The van der Waals surface area contributed by atoms with Crippen molar-refractivity contribution in [2.24, 2.45) is 0 Å². The van der Waals surface area contributed by atoms with E-state index in [1.807, 2.05) is 50.2 Å². The Balaban J connectivity index is 1.71. The minimum Gasteiger partial charge on any atom is -0.497 e. The highest BCUT2D eigenvalue weighted by Gasteiger charge is 2.10. The van der Waals surface area contributed by atoms with Gasteiger partial charge >= 0.3 is 0 Å². The summed E-state index contributed by atoms with van der Waals surface area (Å²) in [5, 5.41) is 3.99. The fourth-order valence-electron chi connectivity index (χ4n) is 2.35. The molecular formula is C18H18N2O3. The van der Waals surface area contributed by atoms with Crippen molar-refractivity contribution in [3.8, 4) is 22.9 Å². The van der Waals surface area contributed by atoms with Crippen LogP contribution in [0.3, 0.4) is 0 Å². The van der Waals surface area contributed by atoms with Crippen LogP contribution >= 0.6 is 0 Å². The van der Waals surface area contributed by atoms with Crippen LogP contribution in [0.25, 0.3) is 11.4 Å². The van der Waals surface area contributed by atoms with Gasteiger partial charge in [0.2, 0.25) is 5.82 Å². The van der Waals surface area contributed by atoms with Gasteiger partial charge < -0.3 is 14.0 Å². The second-order valence-electron chi connectivity index (χ2n) is 5.36. The first kappa shape index (κ1) is 15.1. The maximum absolute atomic E-state index is 5.73. The summed E-state index contributed by atoms with van der Waals surface area (Å²) in [7, 11) is 1.62. The van der Waals surface area contributed by atoms with Crippen molar-refractivity contribution < 1.29 is 14.0 Å². The summed E-state index contributed by atoms with van der Waals surface area (Å²) < 4.78 is 16.2. The molecule has 1 aromatic heterocycles. The second kappa shape index (κ2) is 6.52. The molecule has 0 saturated heterocycles. The molecule has 23 heavy (non-hydrogen) atoms. The highest BCUT2D eigenvalue weighted by atomic mass is 16.5. The molecule has 0 saturated carbocycles. The number of ether oxygens (including phenoxy) is 2. The lowest BCUT2D eigenvalue weighted by atomic mass is 10.1. The third kappa shape index (κ3) is 3.69. The Kier molecular flexibility index (Phi) is 4.28. The van der Waals surface area contributed by atoms with E-state index in [0.29, 0.717) is 11.7 Å². The average molecular weight is 310 g/mol. The largest absolute Gasteiger partial charge is 0.497 e. The van der Waals surface area contributed by atoms with E-state index in [0.717, 1.165) is 28.2 Å². The van der Waals surface area contributed by atoms with Gasteiger partial charge in [-0.2, -0.15) is 4.98 Å². The Hall–Kier alpha value is -2.82. The Labute approximate surface area is 134 Å². The smallest absolute Gasteiger partial charge is 0.264 e. The summed E-state index contributed by atoms with van der Waals surface area (Å²) in [5.74, 6) is 2.49. The van der Waals surface area contributed by atoms with Crippen molar-refractivity contribution in [1.29, 1.82) is 0 Å². The molecule has 0 bridgehead atoms. The van der Waals surface area contributed by atoms with Crippen LogP contribution in [-0.4, -0.2) is 17.3 Å². The Morgan fingerprint density at radius 3 is 2.52 bits per heavy atom. The fraction of sp³-hybridized carbons (Fsp3) is 0.222. The standard InChI is InChI=1S/C18H18N2O3/c1-12-7-13(2)9-16(8-12)22-11-17-19-18(20-23-17)14-5-4-6-15(10-14)21-3/h4-10H,11H2,1-3H3. The first-order chi connectivity index (χ1) is 11.1. The van der Waals surface area contributed by atoms with Crippen LogP contribution in [0.1, 0.15) is 17.0 Å². The van der Waals surface area contributed by atoms with Crippen molar-refractivity contribution in [2.75, 3.05) is 7.11 Å². The number of aromatic nitrogens is 2. The third-order valence-corrected chi connectivity index (χ3v) is 3.35. The summed E-state index contributed by atoms with van der Waals surface area (Å²) in [6.45, 7) is 4.31. The number of aryl methyl sites for hydroxylation is 2. The van der Waals surface area contributed by atoms with E-state index in [1.54, 1.807) is 7.11 Å². The summed E-state index contributed by atoms with van der Waals surface area (Å²) in [5.41, 5.74) is 3.15. The molecule has 3 rings (SSSR count). The molecule has 0 aliphatic heterocycles. The van der Waals surface area contributed by atoms with Crippen molar-refractivity contribution in [3.05, 3.63) is 59.5 Å². The maximum atomic E-state index is 5.73. The van der Waals surface area contributed by atoms with Gasteiger partial charge in [-0.15, -0.1) is 0 Å². The quantitative estimate of drug-likeness (QED) is 0.714. The van der Waals surface area contributed by atoms with Gasteiger partial charge in [0.1, 0.15) is 11.5 Å². The zero-order valence-electron chi connectivity index (χ0n) is 13.4. The minimum atomic E-state index is 0.236. The molecule has 1 heterocycles. The summed E-state index contributed by atoms with van der Waals surface area (Å²) in [6, 6.07) is 13.6. The summed E-state index contributed by atoms with van der Waals surface area (Å²) in [4.78, 5) is 4.36. The van der Waals surface area contributed by atoms with E-state index < -0.39 is 0 Å². The molecule has 2 aromatic carbocycles. The SMILES string of the molecule is COc1cccc(-c2noc(COc3cc(C)cc(C)c3)n2)c1. The van der Waals surface area contributed by atoms with Gasteiger partial charge in [0.25, 0.3) is 5.89 Å². The molecular weight excluding hydrogens is 292 g/mol. The summed E-state index contributed by atoms with van der Waals surface area (Å²) >= 11 is 0. The molecule has 0 radical (unpaired) electrons. The molecule has 0 unspecified atom stereocenters. The minimum absolute atomic E-state index is 0.236. The van der Waals surface area contributed by atoms with Crippen LogP contribution in [0, 0.1) is 13.8 Å². The highest BCUT2D eigenvalue weighted by molar-refractivity contribution is 5.56. The zero-order chi connectivity index (χ0) is 16.2. The van der Waals surface area contributed by atoms with E-state index in [4.69, 9.17) is 14.0 Å². The zero-order valence-corrected chi connectivity index (χ0v) is 13.4. The van der Waals surface area contributed by atoms with Crippen LogP contribution in [0.4, 0.5) is 0 Å². The average Bonchev–Trinajstić information content (AvgIpc) is 3.01. The van der Waals surface area contributed by atoms with Crippen LogP contribution in [0.15, 0.2) is 47.0 Å². The topological polar surface area (TPSA) is 57.4 Å². The van der Waals surface area contributed by atoms with Gasteiger partial charge in [0.15, 0.2) is 6.61 Å². The van der Waals surface area contributed by atoms with Crippen LogP contribution < -0.4 is 9.47 Å². The van der Waals surface area contributed by atoms with Gasteiger partial charge in [-0.05, 0) is 49.2 Å². The molecule has 5 nitrogen and oxygen atoms in total. The maximum Gasteiger partial charge on any atom is 0.264 e. The number of nitrogens with zero attached hydrogens (tertiary/aromatic N) is 2. The van der Waals surface area contributed by atoms with Gasteiger partial charge in [-0.1, -0.05) is 23.4 Å². The lowest BCUT2D eigenvalue weighted by Gasteiger charge is -2.05. The molecule has 0 spiro atoms. The number of methoxy groups -OCH3 is 1. The van der Waals surface area contributed by atoms with E-state index in [1.165, 1.54) is 0 Å². The first-order valence-corrected chi connectivity index (χ1v) is 7.32. The van der Waals surface area contributed by atoms with Gasteiger partial charge in [-0.25, -0.2) is 0 Å².